The van der Waals surface area contributed by atoms with Gasteiger partial charge in [0.15, 0.2) is 6.20 Å². The minimum absolute atomic E-state index is 0.972. The molecule has 2 N–H and O–H groups in total. The number of carboxylic acid groups (broad SMARTS) is 1. The van der Waals surface area contributed by atoms with Gasteiger partial charge < -0.3 is 14.9 Å². The van der Waals surface area contributed by atoms with Crippen LogP contribution in [0.3, 0.4) is 0 Å². The Balaban J connectivity index is 0.000000184. The van der Waals surface area contributed by atoms with E-state index in [4.69, 9.17) is 9.90 Å². The van der Waals surface area contributed by atoms with Gasteiger partial charge in [0.05, 0.1) is 0 Å². The summed E-state index contributed by atoms with van der Waals surface area (Å²) >= 11 is 0. The SMILES string of the molecule is CC(=O)[O-].c1c[nH+]c2cc[nH]c2c1. The highest BCUT2D eigenvalue weighted by atomic mass is 16.4. The van der Waals surface area contributed by atoms with Crippen LogP contribution in [-0.2, 0) is 4.79 Å². The van der Waals surface area contributed by atoms with Gasteiger partial charge in [-0.2, -0.15) is 0 Å². The van der Waals surface area contributed by atoms with Crippen LogP contribution in [0.15, 0.2) is 30.6 Å². The highest BCUT2D eigenvalue weighted by Crippen LogP contribution is 2.01. The van der Waals surface area contributed by atoms with Crippen molar-refractivity contribution in [3.05, 3.63) is 30.6 Å². The molecule has 0 unspecified atom stereocenters. The Labute approximate surface area is 75.2 Å². The Morgan fingerprint density at radius 2 is 2.23 bits per heavy atom. The highest BCUT2D eigenvalue weighted by Gasteiger charge is 1.94. The number of aromatic nitrogens is 2. The van der Waals surface area contributed by atoms with Gasteiger partial charge in [0, 0.05) is 24.3 Å². The number of fused-ring (bicyclic) bond motifs is 1. The topological polar surface area (TPSA) is 70.1 Å². The van der Waals surface area contributed by atoms with Crippen molar-refractivity contribution in [3.8, 4) is 0 Å². The van der Waals surface area contributed by atoms with Crippen molar-refractivity contribution in [1.29, 1.82) is 0 Å². The molecule has 4 heteroatoms. The first-order valence-corrected chi connectivity index (χ1v) is 3.81. The maximum Gasteiger partial charge on any atom is 0.228 e. The molecule has 0 saturated carbocycles. The zero-order valence-electron chi connectivity index (χ0n) is 7.20. The Morgan fingerprint density at radius 1 is 1.54 bits per heavy atom. The summed E-state index contributed by atoms with van der Waals surface area (Å²) < 4.78 is 0. The predicted octanol–water partition coefficient (Wildman–Crippen LogP) is -0.262. The number of aromatic amines is 2. The van der Waals surface area contributed by atoms with Crippen LogP contribution >= 0.6 is 0 Å². The Bertz CT molecular complexity index is 361. The summed E-state index contributed by atoms with van der Waals surface area (Å²) in [4.78, 5) is 15.1. The van der Waals surface area contributed by atoms with E-state index in [1.807, 2.05) is 30.6 Å². The van der Waals surface area contributed by atoms with E-state index in [0.717, 1.165) is 18.0 Å². The Kier molecular flexibility index (Phi) is 3.03. The van der Waals surface area contributed by atoms with Gasteiger partial charge in [-0.15, -0.1) is 0 Å². The number of carbonyl (C=O) groups is 1. The van der Waals surface area contributed by atoms with E-state index >= 15 is 0 Å². The fraction of sp³-hybridized carbons (Fsp3) is 0.111. The molecule has 0 bridgehead atoms. The van der Waals surface area contributed by atoms with Crippen molar-refractivity contribution in [1.82, 2.24) is 4.98 Å². The summed E-state index contributed by atoms with van der Waals surface area (Å²) in [5, 5.41) is 8.89. The van der Waals surface area contributed by atoms with Crippen molar-refractivity contribution in [2.24, 2.45) is 0 Å². The predicted molar refractivity (Wildman–Crippen MR) is 45.5 cm³/mol. The van der Waals surface area contributed by atoms with E-state index in [-0.39, 0.29) is 0 Å². The molecule has 0 atom stereocenters. The lowest BCUT2D eigenvalue weighted by atomic mass is 10.4. The second kappa shape index (κ2) is 4.25. The van der Waals surface area contributed by atoms with Crippen molar-refractivity contribution in [2.45, 2.75) is 6.92 Å². The van der Waals surface area contributed by atoms with Crippen LogP contribution in [-0.4, -0.2) is 11.0 Å². The van der Waals surface area contributed by atoms with Gasteiger partial charge in [-0.05, 0) is 13.0 Å². The first-order valence-electron chi connectivity index (χ1n) is 3.81. The van der Waals surface area contributed by atoms with E-state index in [1.165, 1.54) is 0 Å². The molecule has 0 aromatic carbocycles. The summed E-state index contributed by atoms with van der Waals surface area (Å²) in [5.41, 5.74) is 2.30. The van der Waals surface area contributed by atoms with Crippen LogP contribution in [0.25, 0.3) is 11.0 Å². The van der Waals surface area contributed by atoms with Crippen LogP contribution in [0.5, 0.6) is 0 Å². The first-order chi connectivity index (χ1) is 6.20. The molecule has 0 aliphatic heterocycles. The lowest BCUT2D eigenvalue weighted by molar-refractivity contribution is -0.344. The summed E-state index contributed by atoms with van der Waals surface area (Å²) in [6.07, 6.45) is 3.83. The maximum atomic E-state index is 8.89. The Hall–Kier alpha value is -1.84. The molecule has 2 heterocycles. The molecule has 0 fully saturated rings. The third-order valence-corrected chi connectivity index (χ3v) is 1.38. The number of rotatable bonds is 0. The molecule has 68 valence electrons. The number of aliphatic carboxylic acids is 1. The molecule has 2 aromatic heterocycles. The number of carbonyl (C=O) groups excluding carboxylic acids is 1. The quantitative estimate of drug-likeness (QED) is 0.603. The number of pyridine rings is 1. The third kappa shape index (κ3) is 2.94. The molecule has 0 saturated heterocycles. The summed E-state index contributed by atoms with van der Waals surface area (Å²) in [6.45, 7) is 0.972. The molecular formula is C9H10N2O2. The van der Waals surface area contributed by atoms with Crippen molar-refractivity contribution < 1.29 is 14.9 Å². The fourth-order valence-electron chi connectivity index (χ4n) is 0.928. The molecule has 0 aliphatic rings. The summed E-state index contributed by atoms with van der Waals surface area (Å²) in [6, 6.07) is 6.01. The minimum Gasteiger partial charge on any atom is -0.550 e. The van der Waals surface area contributed by atoms with Crippen LogP contribution < -0.4 is 10.1 Å². The molecule has 2 rings (SSSR count). The zero-order chi connectivity index (χ0) is 9.68. The normalized spacial score (nSPS) is 9.00. The molecule has 2 aromatic rings. The van der Waals surface area contributed by atoms with Crippen LogP contribution in [0.2, 0.25) is 0 Å². The third-order valence-electron chi connectivity index (χ3n) is 1.38. The average Bonchev–Trinajstić information content (AvgIpc) is 2.49. The van der Waals surface area contributed by atoms with Gasteiger partial charge in [0.1, 0.15) is 5.52 Å². The van der Waals surface area contributed by atoms with E-state index in [0.29, 0.717) is 0 Å². The molecule has 13 heavy (non-hydrogen) atoms. The Morgan fingerprint density at radius 3 is 2.85 bits per heavy atom. The van der Waals surface area contributed by atoms with Gasteiger partial charge >= 0.3 is 0 Å². The molecule has 4 nitrogen and oxygen atoms in total. The van der Waals surface area contributed by atoms with Gasteiger partial charge in [0.2, 0.25) is 5.52 Å². The van der Waals surface area contributed by atoms with Crippen molar-refractivity contribution in [3.63, 3.8) is 0 Å². The molecule has 0 radical (unpaired) electrons. The van der Waals surface area contributed by atoms with E-state index in [1.54, 1.807) is 0 Å². The monoisotopic (exact) mass is 178 g/mol. The van der Waals surface area contributed by atoms with Gasteiger partial charge in [-0.3, -0.25) is 0 Å². The van der Waals surface area contributed by atoms with Crippen LogP contribution in [0.1, 0.15) is 6.92 Å². The smallest absolute Gasteiger partial charge is 0.228 e. The molecular weight excluding hydrogens is 168 g/mol. The van der Waals surface area contributed by atoms with Gasteiger partial charge in [0.25, 0.3) is 0 Å². The van der Waals surface area contributed by atoms with E-state index in [9.17, 15) is 0 Å². The van der Waals surface area contributed by atoms with E-state index < -0.39 is 5.97 Å². The average molecular weight is 178 g/mol. The minimum atomic E-state index is -1.08. The lowest BCUT2D eigenvalue weighted by Crippen LogP contribution is -2.16. The van der Waals surface area contributed by atoms with Crippen molar-refractivity contribution >= 4 is 17.0 Å². The van der Waals surface area contributed by atoms with Gasteiger partial charge in [-0.1, -0.05) is 0 Å². The van der Waals surface area contributed by atoms with Crippen LogP contribution in [0.4, 0.5) is 0 Å². The number of H-pyrrole nitrogens is 2. The largest absolute Gasteiger partial charge is 0.550 e. The number of carboxylic acids is 1. The maximum absolute atomic E-state index is 8.89. The number of hydrogen-bond acceptors (Lipinski definition) is 2. The second-order valence-electron chi connectivity index (χ2n) is 2.47. The lowest BCUT2D eigenvalue weighted by Gasteiger charge is -1.77. The van der Waals surface area contributed by atoms with Crippen LogP contribution in [0, 0.1) is 0 Å². The second-order valence-corrected chi connectivity index (χ2v) is 2.47. The molecule has 0 amide bonds. The standard InChI is InChI=1S/C7H6N2.C2H4O2/c1-2-6-7(8-4-1)3-5-9-6;1-2(3)4/h1-5,9H;1H3,(H,3,4). The number of hydrogen-bond donors (Lipinski definition) is 1. The first kappa shape index (κ1) is 9.25. The number of nitrogens with one attached hydrogen (secondary N) is 2. The summed E-state index contributed by atoms with van der Waals surface area (Å²) in [5.74, 6) is -1.08. The van der Waals surface area contributed by atoms with Gasteiger partial charge in [-0.25, -0.2) is 4.98 Å². The van der Waals surface area contributed by atoms with Crippen molar-refractivity contribution in [2.75, 3.05) is 0 Å². The molecule has 0 spiro atoms. The van der Waals surface area contributed by atoms with E-state index in [2.05, 4.69) is 9.97 Å². The highest BCUT2D eigenvalue weighted by molar-refractivity contribution is 5.70. The molecule has 0 aliphatic carbocycles. The summed E-state index contributed by atoms with van der Waals surface area (Å²) in [7, 11) is 0. The zero-order valence-corrected chi connectivity index (χ0v) is 7.20. The fourth-order valence-corrected chi connectivity index (χ4v) is 0.928.